The lowest BCUT2D eigenvalue weighted by Crippen LogP contribution is -2.29. The zero-order valence-electron chi connectivity index (χ0n) is 11.4. The van der Waals surface area contributed by atoms with E-state index in [2.05, 4.69) is 47.0 Å². The fourth-order valence-electron chi connectivity index (χ4n) is 2.68. The lowest BCUT2D eigenvalue weighted by atomic mass is 9.95. The van der Waals surface area contributed by atoms with Crippen molar-refractivity contribution in [2.45, 2.75) is 13.0 Å². The number of aryl methyl sites for hydroxylation is 1. The number of nitrogens with one attached hydrogen (secondary N) is 2. The third-order valence-electron chi connectivity index (χ3n) is 3.62. The predicted molar refractivity (Wildman–Crippen MR) is 82.1 cm³/mol. The molecule has 4 rings (SSSR count). The van der Waals surface area contributed by atoms with Crippen LogP contribution in [0.2, 0.25) is 0 Å². The second-order valence-electron chi connectivity index (χ2n) is 4.96. The molecule has 0 fully saturated rings. The number of hydrogen-bond acceptors (Lipinski definition) is 6. The first-order valence-electron chi connectivity index (χ1n) is 6.54. The number of nitrogens with zero attached hydrogens (tertiary/aromatic N) is 5. The lowest BCUT2D eigenvalue weighted by molar-refractivity contribution is 0.562. The third-order valence-corrected chi connectivity index (χ3v) is 4.12. The molecule has 3 aromatic rings. The summed E-state index contributed by atoms with van der Waals surface area (Å²) < 4.78 is 2.59. The Hall–Kier alpha value is -2.55. The number of hydrogen-bond donors (Lipinski definition) is 2. The molecule has 110 valence electrons. The number of benzene rings is 1. The van der Waals surface area contributed by atoms with Crippen LogP contribution in [0.15, 0.2) is 33.5 Å². The summed E-state index contributed by atoms with van der Waals surface area (Å²) in [6.07, 6.45) is 0. The molecule has 0 spiro atoms. The maximum Gasteiger partial charge on any atom is 0.288 e. The molecular weight excluding hydrogens is 350 g/mol. The van der Waals surface area contributed by atoms with Crippen LogP contribution in [0.5, 0.6) is 0 Å². The molecule has 1 aliphatic rings. The number of tetrazole rings is 1. The van der Waals surface area contributed by atoms with E-state index in [9.17, 15) is 4.79 Å². The molecular formula is C13H10BrN7O. The van der Waals surface area contributed by atoms with E-state index in [0.717, 1.165) is 15.6 Å². The van der Waals surface area contributed by atoms with Crippen molar-refractivity contribution in [2.75, 3.05) is 5.32 Å². The van der Waals surface area contributed by atoms with Gasteiger partial charge >= 0.3 is 0 Å². The van der Waals surface area contributed by atoms with Gasteiger partial charge in [-0.3, -0.25) is 4.79 Å². The van der Waals surface area contributed by atoms with Gasteiger partial charge in [-0.05, 0) is 35.0 Å². The third kappa shape index (κ3) is 1.86. The standard InChI is InChI=1S/C13H10BrN7O/c1-6-9-10(12(22)17-16-6)15-13-18-19-20-21(13)11(9)7-3-2-4-8(14)5-7/h2-5,11H,1H3,(H,17,22)(H,15,18,20)/t11-/m1/s1. The largest absolute Gasteiger partial charge is 0.318 e. The zero-order chi connectivity index (χ0) is 15.3. The Labute approximate surface area is 132 Å². The van der Waals surface area contributed by atoms with Gasteiger partial charge in [0.15, 0.2) is 0 Å². The Kier molecular flexibility index (Phi) is 2.83. The minimum Gasteiger partial charge on any atom is -0.318 e. The number of H-pyrrole nitrogens is 1. The summed E-state index contributed by atoms with van der Waals surface area (Å²) in [4.78, 5) is 12.1. The molecule has 1 aromatic carbocycles. The van der Waals surface area contributed by atoms with E-state index in [-0.39, 0.29) is 11.6 Å². The zero-order valence-corrected chi connectivity index (χ0v) is 13.0. The van der Waals surface area contributed by atoms with Crippen LogP contribution in [0, 0.1) is 6.92 Å². The number of aromatic amines is 1. The monoisotopic (exact) mass is 359 g/mol. The maximum absolute atomic E-state index is 12.1. The normalized spacial score (nSPS) is 15.8. The Bertz CT molecular complexity index is 932. The van der Waals surface area contributed by atoms with E-state index in [1.807, 2.05) is 31.2 Å². The number of rotatable bonds is 1. The van der Waals surface area contributed by atoms with E-state index in [1.165, 1.54) is 0 Å². The van der Waals surface area contributed by atoms with Gasteiger partial charge in [0.25, 0.3) is 5.56 Å². The highest BCUT2D eigenvalue weighted by molar-refractivity contribution is 9.10. The minimum absolute atomic E-state index is 0.296. The summed E-state index contributed by atoms with van der Waals surface area (Å²) in [6.45, 7) is 1.84. The second-order valence-corrected chi connectivity index (χ2v) is 5.87. The topological polar surface area (TPSA) is 101 Å². The Morgan fingerprint density at radius 2 is 2.23 bits per heavy atom. The van der Waals surface area contributed by atoms with Gasteiger partial charge in [0.2, 0.25) is 5.95 Å². The van der Waals surface area contributed by atoms with Crippen molar-refractivity contribution >= 4 is 27.6 Å². The van der Waals surface area contributed by atoms with Crippen molar-refractivity contribution in [2.24, 2.45) is 0 Å². The Morgan fingerprint density at radius 1 is 1.36 bits per heavy atom. The summed E-state index contributed by atoms with van der Waals surface area (Å²) in [7, 11) is 0. The molecule has 22 heavy (non-hydrogen) atoms. The predicted octanol–water partition coefficient (Wildman–Crippen LogP) is 1.52. The number of aromatic nitrogens is 6. The summed E-state index contributed by atoms with van der Waals surface area (Å²) in [5.74, 6) is 0.425. The van der Waals surface area contributed by atoms with Gasteiger partial charge in [0.05, 0.1) is 5.69 Å². The van der Waals surface area contributed by atoms with Crippen molar-refractivity contribution in [3.8, 4) is 0 Å². The molecule has 0 bridgehead atoms. The van der Waals surface area contributed by atoms with Gasteiger partial charge in [-0.25, -0.2) is 5.10 Å². The Balaban J connectivity index is 2.04. The summed E-state index contributed by atoms with van der Waals surface area (Å²) >= 11 is 3.47. The first-order valence-corrected chi connectivity index (χ1v) is 7.34. The Morgan fingerprint density at radius 3 is 3.05 bits per heavy atom. The van der Waals surface area contributed by atoms with Gasteiger partial charge in [-0.1, -0.05) is 33.2 Å². The van der Waals surface area contributed by atoms with Crippen molar-refractivity contribution in [3.63, 3.8) is 0 Å². The molecule has 0 amide bonds. The van der Waals surface area contributed by atoms with E-state index >= 15 is 0 Å². The van der Waals surface area contributed by atoms with Crippen LogP contribution < -0.4 is 10.9 Å². The quantitative estimate of drug-likeness (QED) is 0.534. The molecule has 2 N–H and O–H groups in total. The molecule has 0 saturated carbocycles. The molecule has 0 saturated heterocycles. The van der Waals surface area contributed by atoms with Crippen LogP contribution in [-0.4, -0.2) is 30.4 Å². The van der Waals surface area contributed by atoms with Crippen molar-refractivity contribution in [3.05, 3.63) is 55.9 Å². The first-order chi connectivity index (χ1) is 10.6. The SMILES string of the molecule is Cc1n[nH]c(=O)c2c1[C@@H](c1cccc(Br)c1)n1nnnc1N2. The molecule has 0 unspecified atom stereocenters. The number of fused-ring (bicyclic) bond motifs is 2. The van der Waals surface area contributed by atoms with Crippen LogP contribution in [0.1, 0.15) is 22.9 Å². The van der Waals surface area contributed by atoms with Gasteiger partial charge in [-0.15, -0.1) is 0 Å². The second kappa shape index (κ2) is 4.73. The summed E-state index contributed by atoms with van der Waals surface area (Å²) in [5.41, 5.74) is 2.57. The number of halogens is 1. The molecule has 8 nitrogen and oxygen atoms in total. The van der Waals surface area contributed by atoms with Gasteiger partial charge in [0.1, 0.15) is 11.7 Å². The molecule has 3 heterocycles. The van der Waals surface area contributed by atoms with Gasteiger partial charge in [-0.2, -0.15) is 9.78 Å². The van der Waals surface area contributed by atoms with E-state index in [1.54, 1.807) is 4.68 Å². The lowest BCUT2D eigenvalue weighted by Gasteiger charge is -2.27. The van der Waals surface area contributed by atoms with Crippen LogP contribution in [0.4, 0.5) is 11.6 Å². The van der Waals surface area contributed by atoms with Crippen molar-refractivity contribution in [1.82, 2.24) is 30.4 Å². The van der Waals surface area contributed by atoms with Crippen LogP contribution in [0.3, 0.4) is 0 Å². The minimum atomic E-state index is -0.312. The van der Waals surface area contributed by atoms with Crippen LogP contribution in [0.25, 0.3) is 0 Å². The van der Waals surface area contributed by atoms with Gasteiger partial charge < -0.3 is 5.32 Å². The molecule has 2 aromatic heterocycles. The molecule has 0 aliphatic carbocycles. The first kappa shape index (κ1) is 13.1. The average molecular weight is 360 g/mol. The summed E-state index contributed by atoms with van der Waals surface area (Å²) in [6, 6.07) is 7.51. The maximum atomic E-state index is 12.1. The van der Waals surface area contributed by atoms with Crippen molar-refractivity contribution in [1.29, 1.82) is 0 Å². The van der Waals surface area contributed by atoms with E-state index in [0.29, 0.717) is 17.3 Å². The molecule has 1 atom stereocenters. The summed E-state index contributed by atoms with van der Waals surface area (Å²) in [5, 5.41) is 21.2. The molecule has 9 heteroatoms. The van der Waals surface area contributed by atoms with Crippen LogP contribution in [-0.2, 0) is 0 Å². The van der Waals surface area contributed by atoms with Crippen molar-refractivity contribution < 1.29 is 0 Å². The fraction of sp³-hybridized carbons (Fsp3) is 0.154. The highest BCUT2D eigenvalue weighted by atomic mass is 79.9. The van der Waals surface area contributed by atoms with Gasteiger partial charge in [0, 0.05) is 10.0 Å². The number of anilines is 2. The molecule has 0 radical (unpaired) electrons. The highest BCUT2D eigenvalue weighted by Gasteiger charge is 2.32. The van der Waals surface area contributed by atoms with E-state index in [4.69, 9.17) is 0 Å². The fourth-order valence-corrected chi connectivity index (χ4v) is 3.10. The van der Waals surface area contributed by atoms with Crippen LogP contribution >= 0.6 is 15.9 Å². The van der Waals surface area contributed by atoms with E-state index < -0.39 is 0 Å². The molecule has 1 aliphatic heterocycles. The highest BCUT2D eigenvalue weighted by Crippen LogP contribution is 2.37. The smallest absolute Gasteiger partial charge is 0.288 e. The average Bonchev–Trinajstić information content (AvgIpc) is 2.97.